The lowest BCUT2D eigenvalue weighted by Gasteiger charge is -2.12. The molecule has 0 atom stereocenters. The van der Waals surface area contributed by atoms with Crippen molar-refractivity contribution < 1.29 is 4.74 Å². The second-order valence-electron chi connectivity index (χ2n) is 6.74. The third-order valence-electron chi connectivity index (χ3n) is 4.46. The van der Waals surface area contributed by atoms with E-state index in [9.17, 15) is 0 Å². The Morgan fingerprint density at radius 2 is 1.76 bits per heavy atom. The smallest absolute Gasteiger partial charge is 0.120 e. The molecule has 0 aliphatic rings. The average molecular weight is 382 g/mol. The fourth-order valence-electron chi connectivity index (χ4n) is 3.06. The fourth-order valence-corrected chi connectivity index (χ4v) is 3.06. The maximum atomic E-state index is 8.88. The van der Waals surface area contributed by atoms with E-state index in [1.54, 1.807) is 12.1 Å². The van der Waals surface area contributed by atoms with Crippen molar-refractivity contribution in [2.24, 2.45) is 5.73 Å². The Balaban J connectivity index is 1.85. The number of ether oxygens (including phenoxy) is 1. The van der Waals surface area contributed by atoms with E-state index in [-0.39, 0.29) is 0 Å². The number of allylic oxidation sites excluding steroid dienone is 1. The lowest BCUT2D eigenvalue weighted by molar-refractivity contribution is 0.306. The number of nitrogens with one attached hydrogen (secondary N) is 1. The van der Waals surface area contributed by atoms with Gasteiger partial charge in [0.15, 0.2) is 0 Å². The Labute approximate surface area is 170 Å². The second-order valence-corrected chi connectivity index (χ2v) is 6.74. The summed E-state index contributed by atoms with van der Waals surface area (Å²) in [6, 6.07) is 20.7. The lowest BCUT2D eigenvalue weighted by Crippen LogP contribution is -2.04. The summed E-state index contributed by atoms with van der Waals surface area (Å²) in [5.41, 5.74) is 12.6. The molecule has 0 amide bonds. The summed E-state index contributed by atoms with van der Waals surface area (Å²) in [4.78, 5) is 4.38. The summed E-state index contributed by atoms with van der Waals surface area (Å²) in [5, 5.41) is 16.7. The van der Waals surface area contributed by atoms with Gasteiger partial charge in [0.25, 0.3) is 0 Å². The van der Waals surface area contributed by atoms with E-state index in [1.807, 2.05) is 62.4 Å². The van der Waals surface area contributed by atoms with Crippen molar-refractivity contribution in [2.75, 3.05) is 0 Å². The van der Waals surface area contributed by atoms with Crippen LogP contribution in [0.2, 0.25) is 0 Å². The number of benzene rings is 2. The van der Waals surface area contributed by atoms with E-state index in [0.29, 0.717) is 29.2 Å². The normalized spacial score (nSPS) is 11.3. The number of rotatable bonds is 6. The molecule has 0 bridgehead atoms. The Hall–Kier alpha value is -3.91. The lowest BCUT2D eigenvalue weighted by atomic mass is 10.00. The number of nitriles is 1. The van der Waals surface area contributed by atoms with Crippen molar-refractivity contribution >= 4 is 17.5 Å². The van der Waals surface area contributed by atoms with E-state index in [0.717, 1.165) is 28.1 Å². The fraction of sp³-hybridized carbons (Fsp3) is 0.125. The molecule has 0 spiro atoms. The van der Waals surface area contributed by atoms with Crippen molar-refractivity contribution in [2.45, 2.75) is 20.5 Å². The molecule has 1 aromatic heterocycles. The third-order valence-corrected chi connectivity index (χ3v) is 4.46. The van der Waals surface area contributed by atoms with Gasteiger partial charge in [0.2, 0.25) is 0 Å². The number of nitrogens with zero attached hydrogens (tertiary/aromatic N) is 2. The van der Waals surface area contributed by atoms with Crippen molar-refractivity contribution in [1.82, 2.24) is 4.98 Å². The molecular formula is C24H22N4O. The molecule has 3 aromatic rings. The van der Waals surface area contributed by atoms with Crippen LogP contribution in [0.3, 0.4) is 0 Å². The molecule has 29 heavy (non-hydrogen) atoms. The number of nitrogens with two attached hydrogens (primary N) is 1. The van der Waals surface area contributed by atoms with Gasteiger partial charge in [-0.1, -0.05) is 24.3 Å². The summed E-state index contributed by atoms with van der Waals surface area (Å²) < 4.78 is 5.89. The first-order chi connectivity index (χ1) is 14.0. The molecule has 0 radical (unpaired) electrons. The Morgan fingerprint density at radius 3 is 2.38 bits per heavy atom. The zero-order valence-corrected chi connectivity index (χ0v) is 16.4. The minimum absolute atomic E-state index is 0.388. The van der Waals surface area contributed by atoms with Crippen molar-refractivity contribution in [3.63, 3.8) is 0 Å². The van der Waals surface area contributed by atoms with Crippen LogP contribution in [0.5, 0.6) is 5.75 Å². The monoisotopic (exact) mass is 382 g/mol. The van der Waals surface area contributed by atoms with Crippen molar-refractivity contribution in [1.29, 1.82) is 10.7 Å². The predicted molar refractivity (Wildman–Crippen MR) is 115 cm³/mol. The molecule has 0 unspecified atom stereocenters. The first-order valence-electron chi connectivity index (χ1n) is 9.18. The highest BCUT2D eigenvalue weighted by atomic mass is 16.5. The molecule has 3 rings (SSSR count). The Kier molecular flexibility index (Phi) is 6.06. The zero-order valence-electron chi connectivity index (χ0n) is 16.4. The minimum Gasteiger partial charge on any atom is -0.489 e. The predicted octanol–water partition coefficient (Wildman–Crippen LogP) is 4.63. The third kappa shape index (κ3) is 4.88. The maximum absolute atomic E-state index is 8.88. The summed E-state index contributed by atoms with van der Waals surface area (Å²) in [6.07, 6.45) is 1.27. The van der Waals surface area contributed by atoms with Gasteiger partial charge in [-0.2, -0.15) is 5.26 Å². The number of hydrogen-bond donors (Lipinski definition) is 2. The van der Waals surface area contributed by atoms with Crippen LogP contribution in [0.25, 0.3) is 11.3 Å². The molecule has 0 saturated heterocycles. The molecule has 0 saturated carbocycles. The van der Waals surface area contributed by atoms with E-state index in [4.69, 9.17) is 21.1 Å². The quantitative estimate of drug-likeness (QED) is 0.608. The van der Waals surface area contributed by atoms with Crippen molar-refractivity contribution in [3.05, 3.63) is 94.3 Å². The molecule has 5 heteroatoms. The summed E-state index contributed by atoms with van der Waals surface area (Å²) in [7, 11) is 0. The first kappa shape index (κ1) is 19.8. The highest BCUT2D eigenvalue weighted by Gasteiger charge is 2.09. The van der Waals surface area contributed by atoms with Crippen LogP contribution in [0.1, 0.15) is 33.6 Å². The maximum Gasteiger partial charge on any atom is 0.120 e. The van der Waals surface area contributed by atoms with Crippen LogP contribution in [0.15, 0.2) is 60.7 Å². The first-order valence-corrected chi connectivity index (χ1v) is 9.18. The molecule has 1 heterocycles. The van der Waals surface area contributed by atoms with E-state index in [1.165, 1.54) is 6.21 Å². The number of pyridine rings is 1. The van der Waals surface area contributed by atoms with Gasteiger partial charge < -0.3 is 15.9 Å². The number of aromatic nitrogens is 1. The molecule has 0 fully saturated rings. The molecule has 0 aliphatic carbocycles. The molecule has 0 aliphatic heterocycles. The van der Waals surface area contributed by atoms with E-state index < -0.39 is 0 Å². The van der Waals surface area contributed by atoms with Crippen LogP contribution >= 0.6 is 0 Å². The highest BCUT2D eigenvalue weighted by molar-refractivity contribution is 6.17. The van der Waals surface area contributed by atoms with Crippen LogP contribution in [0.4, 0.5) is 0 Å². The van der Waals surface area contributed by atoms with Gasteiger partial charge in [-0.25, -0.2) is 0 Å². The SMILES string of the molecule is Cc1cc(/C(C=N)=C(/N)c2cccc(OCc3ccc(C#N)cc3)c2)cc(C)n1. The summed E-state index contributed by atoms with van der Waals surface area (Å²) in [5.74, 6) is 0.682. The van der Waals surface area contributed by atoms with Gasteiger partial charge in [0, 0.05) is 34.4 Å². The second kappa shape index (κ2) is 8.85. The van der Waals surface area contributed by atoms with E-state index >= 15 is 0 Å². The minimum atomic E-state index is 0.388. The van der Waals surface area contributed by atoms with Crippen LogP contribution in [-0.4, -0.2) is 11.2 Å². The van der Waals surface area contributed by atoms with Gasteiger partial charge in [0.05, 0.1) is 11.6 Å². The van der Waals surface area contributed by atoms with Gasteiger partial charge in [-0.05, 0) is 61.4 Å². The van der Waals surface area contributed by atoms with Gasteiger partial charge in [-0.15, -0.1) is 0 Å². The molecule has 5 nitrogen and oxygen atoms in total. The van der Waals surface area contributed by atoms with Crippen LogP contribution in [-0.2, 0) is 6.61 Å². The Morgan fingerprint density at radius 1 is 1.07 bits per heavy atom. The largest absolute Gasteiger partial charge is 0.489 e. The topological polar surface area (TPSA) is 95.8 Å². The molecule has 2 aromatic carbocycles. The van der Waals surface area contributed by atoms with Gasteiger partial charge in [-0.3, -0.25) is 4.98 Å². The standard InChI is InChI=1S/C24H22N4O/c1-16-10-21(11-17(2)28-16)23(14-26)24(27)20-4-3-5-22(12-20)29-15-19-8-6-18(13-25)7-9-19/h3-12,14,26H,15,27H2,1-2H3/b24-23+,26-14?. The zero-order chi connectivity index (χ0) is 20.8. The van der Waals surface area contributed by atoms with Gasteiger partial charge in [0.1, 0.15) is 12.4 Å². The van der Waals surface area contributed by atoms with Crippen LogP contribution in [0, 0.1) is 30.6 Å². The summed E-state index contributed by atoms with van der Waals surface area (Å²) >= 11 is 0. The molecular weight excluding hydrogens is 360 g/mol. The van der Waals surface area contributed by atoms with E-state index in [2.05, 4.69) is 11.1 Å². The molecule has 144 valence electrons. The Bertz CT molecular complexity index is 1090. The van der Waals surface area contributed by atoms with Crippen molar-refractivity contribution in [3.8, 4) is 11.8 Å². The highest BCUT2D eigenvalue weighted by Crippen LogP contribution is 2.25. The molecule has 3 N–H and O–H groups in total. The van der Waals surface area contributed by atoms with Crippen LogP contribution < -0.4 is 10.5 Å². The van der Waals surface area contributed by atoms with Gasteiger partial charge >= 0.3 is 0 Å². The number of aryl methyl sites for hydroxylation is 2. The number of hydrogen-bond acceptors (Lipinski definition) is 5. The average Bonchev–Trinajstić information content (AvgIpc) is 2.72. The summed E-state index contributed by atoms with van der Waals surface area (Å²) in [6.45, 7) is 4.23.